The third-order valence-electron chi connectivity index (χ3n) is 2.83. The summed E-state index contributed by atoms with van der Waals surface area (Å²) in [7, 11) is 3.33. The summed E-state index contributed by atoms with van der Waals surface area (Å²) < 4.78 is 10.3. The molecule has 0 unspecified atom stereocenters. The van der Waals surface area contributed by atoms with E-state index < -0.39 is 0 Å². The summed E-state index contributed by atoms with van der Waals surface area (Å²) in [5.41, 5.74) is 0.865. The first kappa shape index (κ1) is 15.1. The van der Waals surface area contributed by atoms with Crippen molar-refractivity contribution in [1.29, 1.82) is 0 Å². The zero-order valence-corrected chi connectivity index (χ0v) is 12.3. The van der Waals surface area contributed by atoms with Gasteiger partial charge in [-0.15, -0.1) is 0 Å². The van der Waals surface area contributed by atoms with Gasteiger partial charge in [0, 0.05) is 26.5 Å². The van der Waals surface area contributed by atoms with E-state index in [0.29, 0.717) is 18.4 Å². The van der Waals surface area contributed by atoms with E-state index in [-0.39, 0.29) is 0 Å². The van der Waals surface area contributed by atoms with Gasteiger partial charge in [0.15, 0.2) is 0 Å². The van der Waals surface area contributed by atoms with E-state index in [1.54, 1.807) is 20.4 Å². The summed E-state index contributed by atoms with van der Waals surface area (Å²) in [6.07, 6.45) is 2.62. The van der Waals surface area contributed by atoms with Crippen molar-refractivity contribution in [2.45, 2.75) is 6.42 Å². The topological polar surface area (TPSA) is 68.3 Å². The van der Waals surface area contributed by atoms with Crippen LogP contribution in [0.2, 0.25) is 0 Å². The third kappa shape index (κ3) is 4.61. The van der Waals surface area contributed by atoms with Gasteiger partial charge in [0.1, 0.15) is 11.6 Å². The lowest BCUT2D eigenvalue weighted by Gasteiger charge is -2.11. The minimum atomic E-state index is 0.589. The molecule has 2 aromatic rings. The van der Waals surface area contributed by atoms with Gasteiger partial charge in [0.25, 0.3) is 0 Å². The number of aromatic nitrogens is 2. The first-order chi connectivity index (χ1) is 10.3. The van der Waals surface area contributed by atoms with Crippen LogP contribution in [0.1, 0.15) is 6.42 Å². The highest BCUT2D eigenvalue weighted by molar-refractivity contribution is 5.64. The molecule has 0 aliphatic heterocycles. The van der Waals surface area contributed by atoms with Crippen LogP contribution in [-0.4, -0.2) is 37.3 Å². The fourth-order valence-corrected chi connectivity index (χ4v) is 1.82. The maximum Gasteiger partial charge on any atom is 0.224 e. The van der Waals surface area contributed by atoms with Crippen molar-refractivity contribution in [3.8, 4) is 5.75 Å². The highest BCUT2D eigenvalue weighted by Gasteiger charge is 2.04. The molecule has 0 aliphatic carbocycles. The van der Waals surface area contributed by atoms with Gasteiger partial charge in [-0.1, -0.05) is 12.1 Å². The van der Waals surface area contributed by atoms with E-state index in [4.69, 9.17) is 9.47 Å². The first-order valence-electron chi connectivity index (χ1n) is 6.79. The van der Waals surface area contributed by atoms with Crippen LogP contribution in [0.15, 0.2) is 36.5 Å². The van der Waals surface area contributed by atoms with Crippen molar-refractivity contribution < 1.29 is 9.47 Å². The SMILES string of the molecule is COCCCNc1nccc(Nc2ccccc2OC)n1. The zero-order valence-electron chi connectivity index (χ0n) is 12.3. The highest BCUT2D eigenvalue weighted by atomic mass is 16.5. The van der Waals surface area contributed by atoms with Gasteiger partial charge in [-0.05, 0) is 24.6 Å². The van der Waals surface area contributed by atoms with Crippen LogP contribution in [0.25, 0.3) is 0 Å². The lowest BCUT2D eigenvalue weighted by atomic mass is 10.3. The van der Waals surface area contributed by atoms with Gasteiger partial charge in [0.2, 0.25) is 5.95 Å². The molecule has 1 aromatic carbocycles. The molecule has 2 N–H and O–H groups in total. The van der Waals surface area contributed by atoms with Crippen molar-refractivity contribution in [3.63, 3.8) is 0 Å². The predicted molar refractivity (Wildman–Crippen MR) is 83.3 cm³/mol. The third-order valence-corrected chi connectivity index (χ3v) is 2.83. The Morgan fingerprint density at radius 3 is 2.81 bits per heavy atom. The molecular formula is C15H20N4O2. The van der Waals surface area contributed by atoms with Crippen molar-refractivity contribution in [2.24, 2.45) is 0 Å². The number of anilines is 3. The molecule has 0 saturated heterocycles. The van der Waals surface area contributed by atoms with Crippen molar-refractivity contribution >= 4 is 17.5 Å². The maximum absolute atomic E-state index is 5.30. The fourth-order valence-electron chi connectivity index (χ4n) is 1.82. The number of nitrogens with one attached hydrogen (secondary N) is 2. The Kier molecular flexibility index (Phi) is 5.78. The number of methoxy groups -OCH3 is 2. The first-order valence-corrected chi connectivity index (χ1v) is 6.79. The van der Waals surface area contributed by atoms with E-state index in [2.05, 4.69) is 20.6 Å². The Morgan fingerprint density at radius 2 is 2.00 bits per heavy atom. The summed E-state index contributed by atoms with van der Waals surface area (Å²) in [6.45, 7) is 1.48. The summed E-state index contributed by atoms with van der Waals surface area (Å²) in [5.74, 6) is 2.07. The summed E-state index contributed by atoms with van der Waals surface area (Å²) in [6, 6.07) is 9.51. The molecule has 2 rings (SSSR count). The molecule has 0 bridgehead atoms. The van der Waals surface area contributed by atoms with E-state index in [1.807, 2.05) is 30.3 Å². The molecule has 0 radical (unpaired) electrons. The van der Waals surface area contributed by atoms with E-state index in [9.17, 15) is 0 Å². The van der Waals surface area contributed by atoms with Crippen LogP contribution >= 0.6 is 0 Å². The molecule has 6 heteroatoms. The molecule has 0 spiro atoms. The van der Waals surface area contributed by atoms with Crippen LogP contribution in [-0.2, 0) is 4.74 Å². The monoisotopic (exact) mass is 288 g/mol. The van der Waals surface area contributed by atoms with Gasteiger partial charge >= 0.3 is 0 Å². The van der Waals surface area contributed by atoms with Crippen LogP contribution in [0.4, 0.5) is 17.5 Å². The molecule has 0 aliphatic rings. The molecule has 112 valence electrons. The number of hydrogen-bond acceptors (Lipinski definition) is 6. The smallest absolute Gasteiger partial charge is 0.224 e. The number of nitrogens with zero attached hydrogens (tertiary/aromatic N) is 2. The van der Waals surface area contributed by atoms with Crippen LogP contribution in [0.3, 0.4) is 0 Å². The lowest BCUT2D eigenvalue weighted by molar-refractivity contribution is 0.197. The van der Waals surface area contributed by atoms with Crippen molar-refractivity contribution in [1.82, 2.24) is 9.97 Å². The zero-order chi connectivity index (χ0) is 14.9. The fraction of sp³-hybridized carbons (Fsp3) is 0.333. The minimum absolute atomic E-state index is 0.589. The Balaban J connectivity index is 2.00. The Bertz CT molecular complexity index is 563. The van der Waals surface area contributed by atoms with Gasteiger partial charge in [-0.3, -0.25) is 0 Å². The number of benzene rings is 1. The molecule has 1 aromatic heterocycles. The second kappa shape index (κ2) is 8.06. The molecule has 0 fully saturated rings. The second-order valence-corrected chi connectivity index (χ2v) is 4.36. The lowest BCUT2D eigenvalue weighted by Crippen LogP contribution is -2.08. The quantitative estimate of drug-likeness (QED) is 0.728. The van der Waals surface area contributed by atoms with Crippen LogP contribution in [0, 0.1) is 0 Å². The average Bonchev–Trinajstić information content (AvgIpc) is 2.52. The molecular weight excluding hydrogens is 268 g/mol. The van der Waals surface area contributed by atoms with Gasteiger partial charge in [0.05, 0.1) is 12.8 Å². The van der Waals surface area contributed by atoms with E-state index >= 15 is 0 Å². The standard InChI is InChI=1S/C15H20N4O2/c1-20-11-5-9-16-15-17-10-8-14(19-15)18-12-6-3-4-7-13(12)21-2/h3-4,6-8,10H,5,9,11H2,1-2H3,(H2,16,17,18,19). The van der Waals surface area contributed by atoms with Crippen LogP contribution < -0.4 is 15.4 Å². The van der Waals surface area contributed by atoms with E-state index in [1.165, 1.54) is 0 Å². The molecule has 0 atom stereocenters. The number of para-hydroxylation sites is 2. The maximum atomic E-state index is 5.30. The molecule has 0 amide bonds. The summed E-state index contributed by atoms with van der Waals surface area (Å²) in [5, 5.41) is 6.39. The van der Waals surface area contributed by atoms with Gasteiger partial charge < -0.3 is 20.1 Å². The van der Waals surface area contributed by atoms with Crippen molar-refractivity contribution in [2.75, 3.05) is 38.0 Å². The highest BCUT2D eigenvalue weighted by Crippen LogP contribution is 2.26. The van der Waals surface area contributed by atoms with Gasteiger partial charge in [-0.2, -0.15) is 4.98 Å². The normalized spacial score (nSPS) is 10.2. The molecule has 6 nitrogen and oxygen atoms in total. The van der Waals surface area contributed by atoms with Crippen molar-refractivity contribution in [3.05, 3.63) is 36.5 Å². The molecule has 21 heavy (non-hydrogen) atoms. The Morgan fingerprint density at radius 1 is 1.14 bits per heavy atom. The Hall–Kier alpha value is -2.34. The van der Waals surface area contributed by atoms with Gasteiger partial charge in [-0.25, -0.2) is 4.98 Å². The number of hydrogen-bond donors (Lipinski definition) is 2. The predicted octanol–water partition coefficient (Wildman–Crippen LogP) is 2.68. The molecule has 0 saturated carbocycles. The minimum Gasteiger partial charge on any atom is -0.495 e. The number of rotatable bonds is 8. The Labute approximate surface area is 124 Å². The molecule has 1 heterocycles. The second-order valence-electron chi connectivity index (χ2n) is 4.36. The van der Waals surface area contributed by atoms with E-state index in [0.717, 1.165) is 24.4 Å². The largest absolute Gasteiger partial charge is 0.495 e. The average molecular weight is 288 g/mol. The summed E-state index contributed by atoms with van der Waals surface area (Å²) >= 11 is 0. The number of ether oxygens (including phenoxy) is 2. The summed E-state index contributed by atoms with van der Waals surface area (Å²) in [4.78, 5) is 8.60. The van der Waals surface area contributed by atoms with Crippen LogP contribution in [0.5, 0.6) is 5.75 Å².